The predicted octanol–water partition coefficient (Wildman–Crippen LogP) is 15.5. The van der Waals surface area contributed by atoms with Gasteiger partial charge in [-0.25, -0.2) is 0 Å². The fourth-order valence-corrected chi connectivity index (χ4v) is 12.2. The summed E-state index contributed by atoms with van der Waals surface area (Å²) in [5.74, 6) is 0. The highest BCUT2D eigenvalue weighted by molar-refractivity contribution is 7.00. The molecule has 3 heterocycles. The van der Waals surface area contributed by atoms with Crippen molar-refractivity contribution in [2.75, 3.05) is 9.80 Å². The van der Waals surface area contributed by atoms with E-state index in [4.69, 9.17) is 4.42 Å². The van der Waals surface area contributed by atoms with E-state index in [2.05, 4.69) is 222 Å². The number of hydrogen-bond acceptors (Lipinski definition) is 3. The van der Waals surface area contributed by atoms with Crippen molar-refractivity contribution in [3.05, 3.63) is 149 Å². The molecule has 7 aromatic rings. The first-order valence-corrected chi connectivity index (χ1v) is 24.8. The average molecular weight is 869 g/mol. The summed E-state index contributed by atoms with van der Waals surface area (Å²) in [6.45, 7) is 33.3. The molecule has 4 aliphatic rings. The summed E-state index contributed by atoms with van der Waals surface area (Å²) < 4.78 is 7.64. The number of rotatable bonds is 3. The van der Waals surface area contributed by atoms with Gasteiger partial charge in [0.05, 0.1) is 11.3 Å². The van der Waals surface area contributed by atoms with Crippen molar-refractivity contribution in [3.63, 3.8) is 0 Å². The molecule has 0 amide bonds. The van der Waals surface area contributed by atoms with Crippen molar-refractivity contribution < 1.29 is 4.42 Å². The molecule has 2 aliphatic carbocycles. The summed E-state index contributed by atoms with van der Waals surface area (Å²) in [5, 5.41) is 1.21. The molecule has 0 saturated heterocycles. The van der Waals surface area contributed by atoms with Crippen LogP contribution < -0.4 is 26.4 Å². The molecular formula is C62H69BN2O. The van der Waals surface area contributed by atoms with E-state index < -0.39 is 0 Å². The van der Waals surface area contributed by atoms with Gasteiger partial charge in [0, 0.05) is 33.8 Å². The Morgan fingerprint density at radius 2 is 1.00 bits per heavy atom. The Morgan fingerprint density at radius 3 is 1.61 bits per heavy atom. The molecule has 0 N–H and O–H groups in total. The second-order valence-electron chi connectivity index (χ2n) is 25.2. The topological polar surface area (TPSA) is 19.6 Å². The molecule has 6 aromatic carbocycles. The van der Waals surface area contributed by atoms with Crippen molar-refractivity contribution in [3.8, 4) is 11.1 Å². The standard InChI is InChI=1S/C62H69BN2O/c1-57(2,3)40-20-23-42(24-21-40)64-50-27-22-41(58(4,5)6)34-49(50)63-54-51(64)32-39(38-18-16-15-17-19-38)33-52(54)65(43-25-26-45-46(35-43)60(9,10)29-28-59(45,7)8)55-44-36-47-48(37-53(44)66-56(55)63)62(13,14)31-30-61(47,11)12/h15-27,32-37H,28-31H2,1-14H3. The maximum Gasteiger partial charge on any atom is 0.297 e. The molecule has 336 valence electrons. The average Bonchev–Trinajstić information content (AvgIpc) is 3.64. The Bertz CT molecular complexity index is 3110. The van der Waals surface area contributed by atoms with Crippen molar-refractivity contribution >= 4 is 68.4 Å². The van der Waals surface area contributed by atoms with Crippen LogP contribution in [0.25, 0.3) is 22.1 Å². The van der Waals surface area contributed by atoms with Crippen LogP contribution in [0.5, 0.6) is 0 Å². The summed E-state index contributed by atoms with van der Waals surface area (Å²) in [6.07, 6.45) is 4.65. The zero-order valence-corrected chi connectivity index (χ0v) is 42.2. The third-order valence-electron chi connectivity index (χ3n) is 16.7. The van der Waals surface area contributed by atoms with Crippen molar-refractivity contribution in [2.24, 2.45) is 0 Å². The Kier molecular flexibility index (Phi) is 9.17. The molecule has 11 rings (SSSR count). The zero-order chi connectivity index (χ0) is 46.7. The second kappa shape index (κ2) is 14.0. The SMILES string of the molecule is CC(C)(C)c1ccc(N2c3ccc(C(C)(C)C)cc3B3c4oc5cc6c(cc5c4N(c4ccc5c(c4)C(C)(C)CCC5(C)C)c4cc(-c5ccccc5)cc2c43)C(C)(C)CCC6(C)C)cc1. The van der Waals surface area contributed by atoms with E-state index >= 15 is 0 Å². The summed E-state index contributed by atoms with van der Waals surface area (Å²) in [6, 6.07) is 45.1. The number of fused-ring (bicyclic) bond motifs is 8. The van der Waals surface area contributed by atoms with Crippen LogP contribution in [0.2, 0.25) is 0 Å². The number of furan rings is 1. The molecule has 0 radical (unpaired) electrons. The van der Waals surface area contributed by atoms with Gasteiger partial charge in [0.25, 0.3) is 6.71 Å². The molecule has 0 bridgehead atoms. The van der Waals surface area contributed by atoms with Gasteiger partial charge in [0.2, 0.25) is 0 Å². The highest BCUT2D eigenvalue weighted by atomic mass is 16.3. The maximum atomic E-state index is 7.64. The molecule has 0 fully saturated rings. The van der Waals surface area contributed by atoms with E-state index in [9.17, 15) is 0 Å². The molecular weight excluding hydrogens is 800 g/mol. The van der Waals surface area contributed by atoms with Crippen LogP contribution in [0.15, 0.2) is 120 Å². The van der Waals surface area contributed by atoms with Crippen LogP contribution in [0.3, 0.4) is 0 Å². The Labute approximate surface area is 395 Å². The number of nitrogens with zero attached hydrogens (tertiary/aromatic N) is 2. The predicted molar refractivity (Wildman–Crippen MR) is 284 cm³/mol. The minimum absolute atomic E-state index is 0.0394. The lowest BCUT2D eigenvalue weighted by molar-refractivity contribution is 0.332. The van der Waals surface area contributed by atoms with Crippen LogP contribution in [-0.4, -0.2) is 6.71 Å². The van der Waals surface area contributed by atoms with Gasteiger partial charge in [-0.2, -0.15) is 0 Å². The lowest BCUT2D eigenvalue weighted by Crippen LogP contribution is -2.61. The number of anilines is 6. The molecule has 3 nitrogen and oxygen atoms in total. The van der Waals surface area contributed by atoms with E-state index in [1.54, 1.807) is 0 Å². The van der Waals surface area contributed by atoms with Crippen molar-refractivity contribution in [1.29, 1.82) is 0 Å². The van der Waals surface area contributed by atoms with E-state index in [1.165, 1.54) is 95.7 Å². The number of hydrogen-bond donors (Lipinski definition) is 0. The highest BCUT2D eigenvalue weighted by Crippen LogP contribution is 2.54. The van der Waals surface area contributed by atoms with Crippen LogP contribution >= 0.6 is 0 Å². The largest absolute Gasteiger partial charge is 0.468 e. The molecule has 0 spiro atoms. The van der Waals surface area contributed by atoms with Crippen molar-refractivity contribution in [2.45, 2.75) is 155 Å². The first-order valence-electron chi connectivity index (χ1n) is 24.8. The molecule has 0 unspecified atom stereocenters. The Balaban J connectivity index is 1.29. The van der Waals surface area contributed by atoms with Gasteiger partial charge in [-0.1, -0.05) is 158 Å². The summed E-state index contributed by atoms with van der Waals surface area (Å²) >= 11 is 0. The monoisotopic (exact) mass is 869 g/mol. The van der Waals surface area contributed by atoms with E-state index in [1.807, 2.05) is 0 Å². The molecule has 0 atom stereocenters. The minimum Gasteiger partial charge on any atom is -0.468 e. The van der Waals surface area contributed by atoms with E-state index in [0.29, 0.717) is 0 Å². The fraction of sp³-hybridized carbons (Fsp3) is 0.387. The molecule has 1 aromatic heterocycles. The first kappa shape index (κ1) is 43.1. The maximum absolute atomic E-state index is 7.64. The van der Waals surface area contributed by atoms with Crippen LogP contribution in [0.1, 0.15) is 156 Å². The smallest absolute Gasteiger partial charge is 0.297 e. The molecule has 2 aliphatic heterocycles. The van der Waals surface area contributed by atoms with Crippen LogP contribution in [-0.2, 0) is 32.5 Å². The van der Waals surface area contributed by atoms with Gasteiger partial charge < -0.3 is 14.2 Å². The first-order chi connectivity index (χ1) is 30.9. The van der Waals surface area contributed by atoms with Gasteiger partial charge in [0.1, 0.15) is 5.58 Å². The van der Waals surface area contributed by atoms with Crippen LogP contribution in [0, 0.1) is 0 Å². The van der Waals surface area contributed by atoms with Gasteiger partial charge in [-0.3, -0.25) is 0 Å². The van der Waals surface area contributed by atoms with Crippen LogP contribution in [0.4, 0.5) is 34.1 Å². The van der Waals surface area contributed by atoms with Gasteiger partial charge in [-0.15, -0.1) is 0 Å². The molecule has 66 heavy (non-hydrogen) atoms. The molecule has 4 heteroatoms. The third-order valence-corrected chi connectivity index (χ3v) is 16.7. The highest BCUT2D eigenvalue weighted by Gasteiger charge is 2.49. The zero-order valence-electron chi connectivity index (χ0n) is 42.2. The second-order valence-corrected chi connectivity index (χ2v) is 25.2. The lowest BCUT2D eigenvalue weighted by Gasteiger charge is -2.45. The van der Waals surface area contributed by atoms with Gasteiger partial charge in [-0.05, 0) is 168 Å². The third kappa shape index (κ3) is 6.51. The summed E-state index contributed by atoms with van der Waals surface area (Å²) in [5.41, 5.74) is 22.9. The van der Waals surface area contributed by atoms with Gasteiger partial charge >= 0.3 is 0 Å². The summed E-state index contributed by atoms with van der Waals surface area (Å²) in [7, 11) is 0. The van der Waals surface area contributed by atoms with E-state index in [0.717, 1.165) is 36.2 Å². The summed E-state index contributed by atoms with van der Waals surface area (Å²) in [4.78, 5) is 5.19. The number of benzene rings is 6. The fourth-order valence-electron chi connectivity index (χ4n) is 12.2. The lowest BCUT2D eigenvalue weighted by atomic mass is 9.35. The van der Waals surface area contributed by atoms with Gasteiger partial charge in [0.15, 0.2) is 0 Å². The quantitative estimate of drug-likeness (QED) is 0.165. The Morgan fingerprint density at radius 1 is 0.470 bits per heavy atom. The van der Waals surface area contributed by atoms with E-state index in [-0.39, 0.29) is 39.2 Å². The Hall–Kier alpha value is -5.48. The normalized spacial score (nSPS) is 18.6. The molecule has 0 saturated carbocycles. The van der Waals surface area contributed by atoms with Crippen molar-refractivity contribution in [1.82, 2.24) is 0 Å². The minimum atomic E-state index is -0.132.